The van der Waals surface area contributed by atoms with E-state index in [-0.39, 0.29) is 11.3 Å². The maximum atomic E-state index is 12.6. The molecule has 5 nitrogen and oxygen atoms in total. The van der Waals surface area contributed by atoms with Gasteiger partial charge in [0.1, 0.15) is 6.42 Å². The Bertz CT molecular complexity index is 561. The van der Waals surface area contributed by atoms with Crippen molar-refractivity contribution in [2.75, 3.05) is 5.32 Å². The highest BCUT2D eigenvalue weighted by Gasteiger charge is 2.31. The van der Waals surface area contributed by atoms with Gasteiger partial charge in [-0.2, -0.15) is 18.4 Å². The number of rotatable bonds is 3. The molecule has 0 heterocycles. The summed E-state index contributed by atoms with van der Waals surface area (Å²) in [4.78, 5) is 22.1. The third-order valence-corrected chi connectivity index (χ3v) is 2.07. The zero-order valence-corrected chi connectivity index (χ0v) is 9.41. The number of amides is 2. The maximum absolute atomic E-state index is 12.6. The van der Waals surface area contributed by atoms with Crippen LogP contribution in [0.2, 0.25) is 0 Å². The summed E-state index contributed by atoms with van der Waals surface area (Å²) in [6.07, 6.45) is -5.19. The summed E-state index contributed by atoms with van der Waals surface area (Å²) in [6, 6.07) is 3.79. The zero-order valence-electron chi connectivity index (χ0n) is 9.41. The van der Waals surface area contributed by atoms with Crippen LogP contribution in [-0.4, -0.2) is 11.8 Å². The second-order valence-corrected chi connectivity index (χ2v) is 3.54. The SMILES string of the molecule is N#CCC(=O)Nc1cc(C(N)=O)cc(C(F)(F)F)c1. The Hall–Kier alpha value is -2.56. The molecule has 0 aromatic heterocycles. The van der Waals surface area contributed by atoms with Gasteiger partial charge in [-0.05, 0) is 18.2 Å². The van der Waals surface area contributed by atoms with Crippen molar-refractivity contribution in [2.24, 2.45) is 5.73 Å². The monoisotopic (exact) mass is 271 g/mol. The van der Waals surface area contributed by atoms with Crippen LogP contribution < -0.4 is 11.1 Å². The minimum atomic E-state index is -4.68. The van der Waals surface area contributed by atoms with Gasteiger partial charge in [-0.1, -0.05) is 0 Å². The summed E-state index contributed by atoms with van der Waals surface area (Å²) in [5.41, 5.74) is 3.16. The van der Waals surface area contributed by atoms with Gasteiger partial charge < -0.3 is 11.1 Å². The molecule has 0 aliphatic rings. The third-order valence-electron chi connectivity index (χ3n) is 2.07. The van der Waals surface area contributed by atoms with E-state index in [2.05, 4.69) is 5.32 Å². The van der Waals surface area contributed by atoms with E-state index in [1.165, 1.54) is 0 Å². The van der Waals surface area contributed by atoms with Crippen LogP contribution >= 0.6 is 0 Å². The van der Waals surface area contributed by atoms with Crippen LogP contribution in [0, 0.1) is 11.3 Å². The second-order valence-electron chi connectivity index (χ2n) is 3.54. The average molecular weight is 271 g/mol. The number of carbonyl (C=O) groups is 2. The molecule has 1 aromatic rings. The highest BCUT2D eigenvalue weighted by molar-refractivity contribution is 5.97. The van der Waals surface area contributed by atoms with Crippen molar-refractivity contribution in [3.63, 3.8) is 0 Å². The molecular formula is C11H8F3N3O2. The molecule has 1 rings (SSSR count). The van der Waals surface area contributed by atoms with Crippen molar-refractivity contribution in [3.8, 4) is 6.07 Å². The quantitative estimate of drug-likeness (QED) is 0.874. The summed E-state index contributed by atoms with van der Waals surface area (Å²) in [5.74, 6) is -1.83. The summed E-state index contributed by atoms with van der Waals surface area (Å²) in [7, 11) is 0. The van der Waals surface area contributed by atoms with Crippen LogP contribution in [0.25, 0.3) is 0 Å². The molecule has 0 saturated carbocycles. The van der Waals surface area contributed by atoms with Crippen LogP contribution in [0.15, 0.2) is 18.2 Å². The molecule has 100 valence electrons. The molecule has 0 aliphatic heterocycles. The van der Waals surface area contributed by atoms with Gasteiger partial charge in [0.05, 0.1) is 11.6 Å². The molecule has 8 heteroatoms. The Kier molecular flexibility index (Phi) is 4.11. The molecule has 19 heavy (non-hydrogen) atoms. The number of benzene rings is 1. The smallest absolute Gasteiger partial charge is 0.366 e. The van der Waals surface area contributed by atoms with Crippen LogP contribution in [0.3, 0.4) is 0 Å². The Labute approximate surface area is 105 Å². The molecule has 0 saturated heterocycles. The van der Waals surface area contributed by atoms with Crippen molar-refractivity contribution in [1.82, 2.24) is 0 Å². The number of alkyl halides is 3. The highest BCUT2D eigenvalue weighted by Crippen LogP contribution is 2.32. The van der Waals surface area contributed by atoms with Crippen LogP contribution in [0.5, 0.6) is 0 Å². The molecular weight excluding hydrogens is 263 g/mol. The number of nitrogens with two attached hydrogens (primary N) is 1. The van der Waals surface area contributed by atoms with Gasteiger partial charge in [0.15, 0.2) is 0 Å². The van der Waals surface area contributed by atoms with Gasteiger partial charge in [-0.25, -0.2) is 0 Å². The lowest BCUT2D eigenvalue weighted by Gasteiger charge is -2.11. The standard InChI is InChI=1S/C11H8F3N3O2/c12-11(13,14)7-3-6(10(16)19)4-8(5-7)17-9(18)1-2-15/h3-5H,1H2,(H2,16,19)(H,17,18). The molecule has 0 radical (unpaired) electrons. The van der Waals surface area contributed by atoms with Crippen molar-refractivity contribution < 1.29 is 22.8 Å². The first-order chi connectivity index (χ1) is 8.74. The lowest BCUT2D eigenvalue weighted by Crippen LogP contribution is -2.16. The average Bonchev–Trinajstić information content (AvgIpc) is 2.27. The first-order valence-electron chi connectivity index (χ1n) is 4.93. The summed E-state index contributed by atoms with van der Waals surface area (Å²) in [5, 5.41) is 10.4. The largest absolute Gasteiger partial charge is 0.416 e. The second kappa shape index (κ2) is 5.39. The minimum Gasteiger partial charge on any atom is -0.366 e. The lowest BCUT2D eigenvalue weighted by molar-refractivity contribution is -0.137. The van der Waals surface area contributed by atoms with Crippen molar-refractivity contribution in [2.45, 2.75) is 12.6 Å². The van der Waals surface area contributed by atoms with E-state index in [4.69, 9.17) is 11.0 Å². The fraction of sp³-hybridized carbons (Fsp3) is 0.182. The van der Waals surface area contributed by atoms with Crippen LogP contribution in [0.4, 0.5) is 18.9 Å². The molecule has 0 spiro atoms. The van der Waals surface area contributed by atoms with Gasteiger partial charge in [0.2, 0.25) is 11.8 Å². The lowest BCUT2D eigenvalue weighted by atomic mass is 10.1. The molecule has 0 atom stereocenters. The Morgan fingerprint density at radius 3 is 2.42 bits per heavy atom. The van der Waals surface area contributed by atoms with E-state index in [9.17, 15) is 22.8 Å². The van der Waals surface area contributed by atoms with E-state index < -0.39 is 30.0 Å². The fourth-order valence-corrected chi connectivity index (χ4v) is 1.28. The van der Waals surface area contributed by atoms with Gasteiger partial charge in [-0.15, -0.1) is 0 Å². The predicted molar refractivity (Wildman–Crippen MR) is 58.8 cm³/mol. The Balaban J connectivity index is 3.18. The summed E-state index contributed by atoms with van der Waals surface area (Å²) < 4.78 is 37.7. The Morgan fingerprint density at radius 2 is 1.95 bits per heavy atom. The number of hydrogen-bond donors (Lipinski definition) is 2. The highest BCUT2D eigenvalue weighted by atomic mass is 19.4. The molecule has 0 unspecified atom stereocenters. The zero-order chi connectivity index (χ0) is 14.6. The molecule has 0 bridgehead atoms. The predicted octanol–water partition coefficient (Wildman–Crippen LogP) is 1.66. The number of carbonyl (C=O) groups excluding carboxylic acids is 2. The Morgan fingerprint density at radius 1 is 1.32 bits per heavy atom. The van der Waals surface area contributed by atoms with E-state index >= 15 is 0 Å². The van der Waals surface area contributed by atoms with Gasteiger partial charge in [-0.3, -0.25) is 9.59 Å². The molecule has 0 aliphatic carbocycles. The maximum Gasteiger partial charge on any atom is 0.416 e. The normalized spacial score (nSPS) is 10.6. The molecule has 1 aromatic carbocycles. The molecule has 3 N–H and O–H groups in total. The first kappa shape index (κ1) is 14.5. The van der Waals surface area contributed by atoms with E-state index in [0.717, 1.165) is 6.07 Å². The summed E-state index contributed by atoms with van der Waals surface area (Å²) >= 11 is 0. The van der Waals surface area contributed by atoms with Crippen LogP contribution in [0.1, 0.15) is 22.3 Å². The number of nitrogens with one attached hydrogen (secondary N) is 1. The van der Waals surface area contributed by atoms with E-state index in [0.29, 0.717) is 12.1 Å². The molecule has 2 amide bonds. The van der Waals surface area contributed by atoms with Gasteiger partial charge >= 0.3 is 6.18 Å². The number of anilines is 1. The number of nitriles is 1. The number of primary amides is 1. The van der Waals surface area contributed by atoms with Crippen molar-refractivity contribution >= 4 is 17.5 Å². The number of hydrogen-bond acceptors (Lipinski definition) is 3. The van der Waals surface area contributed by atoms with Crippen LogP contribution in [-0.2, 0) is 11.0 Å². The topological polar surface area (TPSA) is 96.0 Å². The van der Waals surface area contributed by atoms with Crippen molar-refractivity contribution in [1.29, 1.82) is 5.26 Å². The number of nitrogens with zero attached hydrogens (tertiary/aromatic N) is 1. The summed E-state index contributed by atoms with van der Waals surface area (Å²) in [6.45, 7) is 0. The third kappa shape index (κ3) is 3.99. The minimum absolute atomic E-state index is 0.246. The number of halogens is 3. The molecule has 0 fully saturated rings. The van der Waals surface area contributed by atoms with Crippen molar-refractivity contribution in [3.05, 3.63) is 29.3 Å². The van der Waals surface area contributed by atoms with Gasteiger partial charge in [0, 0.05) is 11.3 Å². The first-order valence-corrected chi connectivity index (χ1v) is 4.93. The van der Waals surface area contributed by atoms with E-state index in [1.54, 1.807) is 6.07 Å². The van der Waals surface area contributed by atoms with E-state index in [1.807, 2.05) is 0 Å². The van der Waals surface area contributed by atoms with Gasteiger partial charge in [0.25, 0.3) is 0 Å². The fourth-order valence-electron chi connectivity index (χ4n) is 1.28.